The Balaban J connectivity index is 2.04. The molecule has 1 atom stereocenters. The number of phenols is 1. The standard InChI is InChI=1S/C18H17ClN2O3/c1-10-7-15(22)13(8-14(10)19)18(24)21-9-11-5-3-4-6-12(11)16(21)17(23)20-2/h3-8,16,22H,9H2,1-2H3,(H,20,23). The van der Waals surface area contributed by atoms with Crippen LogP contribution in [0.2, 0.25) is 5.02 Å². The Morgan fingerprint density at radius 1 is 1.29 bits per heavy atom. The van der Waals surface area contributed by atoms with Crippen molar-refractivity contribution in [3.05, 3.63) is 63.7 Å². The van der Waals surface area contributed by atoms with Crippen molar-refractivity contribution in [1.29, 1.82) is 0 Å². The number of phenolic OH excluding ortho intramolecular Hbond substituents is 1. The molecule has 2 aromatic rings. The molecule has 2 aromatic carbocycles. The van der Waals surface area contributed by atoms with Gasteiger partial charge in [-0.3, -0.25) is 9.59 Å². The molecular weight excluding hydrogens is 328 g/mol. The van der Waals surface area contributed by atoms with E-state index in [-0.39, 0.29) is 17.2 Å². The summed E-state index contributed by atoms with van der Waals surface area (Å²) in [7, 11) is 1.53. The SMILES string of the molecule is CNC(=O)C1c2ccccc2CN1C(=O)c1cc(Cl)c(C)cc1O. The molecule has 0 aromatic heterocycles. The van der Waals surface area contributed by atoms with Gasteiger partial charge in [0.1, 0.15) is 11.8 Å². The van der Waals surface area contributed by atoms with Gasteiger partial charge in [0.25, 0.3) is 5.91 Å². The van der Waals surface area contributed by atoms with Crippen LogP contribution in [0.15, 0.2) is 36.4 Å². The average Bonchev–Trinajstić information content (AvgIpc) is 2.96. The van der Waals surface area contributed by atoms with Crippen LogP contribution in [-0.2, 0) is 11.3 Å². The van der Waals surface area contributed by atoms with Gasteiger partial charge in [-0.1, -0.05) is 35.9 Å². The quantitative estimate of drug-likeness (QED) is 0.880. The molecule has 2 N–H and O–H groups in total. The number of aryl methyl sites for hydroxylation is 1. The van der Waals surface area contributed by atoms with Crippen LogP contribution in [0.4, 0.5) is 0 Å². The molecule has 0 aliphatic carbocycles. The Morgan fingerprint density at radius 2 is 2.00 bits per heavy atom. The van der Waals surface area contributed by atoms with E-state index in [0.717, 1.165) is 11.1 Å². The van der Waals surface area contributed by atoms with E-state index in [1.807, 2.05) is 24.3 Å². The minimum Gasteiger partial charge on any atom is -0.507 e. The summed E-state index contributed by atoms with van der Waals surface area (Å²) in [5.41, 5.74) is 2.48. The van der Waals surface area contributed by atoms with E-state index in [4.69, 9.17) is 11.6 Å². The number of nitrogens with zero attached hydrogens (tertiary/aromatic N) is 1. The van der Waals surface area contributed by atoms with Crippen molar-refractivity contribution < 1.29 is 14.7 Å². The smallest absolute Gasteiger partial charge is 0.258 e. The molecule has 1 aliphatic rings. The lowest BCUT2D eigenvalue weighted by atomic mass is 10.0. The maximum absolute atomic E-state index is 13.0. The van der Waals surface area contributed by atoms with Gasteiger partial charge in [-0.2, -0.15) is 0 Å². The third kappa shape index (κ3) is 2.61. The number of benzene rings is 2. The number of hydrogen-bond donors (Lipinski definition) is 2. The van der Waals surface area contributed by atoms with E-state index in [1.54, 1.807) is 6.92 Å². The number of hydrogen-bond acceptors (Lipinski definition) is 3. The van der Waals surface area contributed by atoms with Crippen LogP contribution in [0, 0.1) is 6.92 Å². The number of carbonyl (C=O) groups is 2. The van der Waals surface area contributed by atoms with Crippen molar-refractivity contribution in [2.24, 2.45) is 0 Å². The molecule has 0 saturated heterocycles. The highest BCUT2D eigenvalue weighted by Gasteiger charge is 2.38. The second-order valence-corrected chi connectivity index (χ2v) is 6.17. The predicted octanol–water partition coefficient (Wildman–Crippen LogP) is 2.80. The van der Waals surface area contributed by atoms with Crippen molar-refractivity contribution >= 4 is 23.4 Å². The van der Waals surface area contributed by atoms with E-state index in [9.17, 15) is 14.7 Å². The number of amides is 2. The Hall–Kier alpha value is -2.53. The molecule has 1 aliphatic heterocycles. The van der Waals surface area contributed by atoms with Gasteiger partial charge in [0.2, 0.25) is 5.91 Å². The fraction of sp³-hybridized carbons (Fsp3) is 0.222. The molecule has 0 spiro atoms. The Bertz CT molecular complexity index is 835. The summed E-state index contributed by atoms with van der Waals surface area (Å²) in [6, 6.07) is 9.60. The monoisotopic (exact) mass is 344 g/mol. The number of rotatable bonds is 2. The molecule has 0 fully saturated rings. The number of halogens is 1. The van der Waals surface area contributed by atoms with E-state index < -0.39 is 11.9 Å². The van der Waals surface area contributed by atoms with Gasteiger partial charge in [-0.05, 0) is 35.7 Å². The Morgan fingerprint density at radius 3 is 2.71 bits per heavy atom. The first kappa shape index (κ1) is 16.3. The van der Waals surface area contributed by atoms with E-state index in [2.05, 4.69) is 5.32 Å². The zero-order valence-electron chi connectivity index (χ0n) is 13.3. The van der Waals surface area contributed by atoms with Crippen LogP contribution in [0.5, 0.6) is 5.75 Å². The molecule has 5 nitrogen and oxygen atoms in total. The van der Waals surface area contributed by atoms with Crippen molar-refractivity contribution in [3.8, 4) is 5.75 Å². The Kier molecular flexibility index (Phi) is 4.20. The number of fused-ring (bicyclic) bond motifs is 1. The molecule has 1 unspecified atom stereocenters. The minimum atomic E-state index is -0.724. The third-order valence-electron chi connectivity index (χ3n) is 4.27. The Labute approximate surface area is 144 Å². The summed E-state index contributed by atoms with van der Waals surface area (Å²) >= 11 is 6.09. The highest BCUT2D eigenvalue weighted by Crippen LogP contribution is 2.36. The second-order valence-electron chi connectivity index (χ2n) is 5.77. The molecule has 1 heterocycles. The normalized spacial score (nSPS) is 16.0. The topological polar surface area (TPSA) is 69.6 Å². The first-order valence-electron chi connectivity index (χ1n) is 7.53. The summed E-state index contributed by atoms with van der Waals surface area (Å²) in [5.74, 6) is -0.848. The lowest BCUT2D eigenvalue weighted by Crippen LogP contribution is -2.38. The second kappa shape index (κ2) is 6.17. The lowest BCUT2D eigenvalue weighted by molar-refractivity contribution is -0.125. The average molecular weight is 345 g/mol. The first-order chi connectivity index (χ1) is 11.4. The number of carbonyl (C=O) groups excluding carboxylic acids is 2. The van der Waals surface area contributed by atoms with Gasteiger partial charge in [0.05, 0.1) is 5.56 Å². The van der Waals surface area contributed by atoms with Gasteiger partial charge in [-0.25, -0.2) is 0 Å². The molecule has 6 heteroatoms. The molecule has 2 amide bonds. The molecular formula is C18H17ClN2O3. The van der Waals surface area contributed by atoms with Crippen LogP contribution in [0.25, 0.3) is 0 Å². The van der Waals surface area contributed by atoms with Gasteiger partial charge in [0.15, 0.2) is 0 Å². The summed E-state index contributed by atoms with van der Waals surface area (Å²) in [5, 5.41) is 13.1. The number of aromatic hydroxyl groups is 1. The number of likely N-dealkylation sites (N-methyl/N-ethyl adjacent to an activating group) is 1. The zero-order valence-corrected chi connectivity index (χ0v) is 14.1. The van der Waals surface area contributed by atoms with Crippen molar-refractivity contribution in [2.45, 2.75) is 19.5 Å². The molecule has 3 rings (SSSR count). The number of nitrogens with one attached hydrogen (secondary N) is 1. The van der Waals surface area contributed by atoms with Crippen LogP contribution >= 0.6 is 11.6 Å². The molecule has 0 bridgehead atoms. The molecule has 24 heavy (non-hydrogen) atoms. The summed E-state index contributed by atoms with van der Waals surface area (Å²) in [6.45, 7) is 2.05. The highest BCUT2D eigenvalue weighted by atomic mass is 35.5. The van der Waals surface area contributed by atoms with E-state index in [0.29, 0.717) is 17.1 Å². The minimum absolute atomic E-state index is 0.0901. The summed E-state index contributed by atoms with van der Waals surface area (Å²) in [4.78, 5) is 26.7. The van der Waals surface area contributed by atoms with Crippen molar-refractivity contribution in [1.82, 2.24) is 10.2 Å². The molecule has 0 saturated carbocycles. The molecule has 0 radical (unpaired) electrons. The maximum Gasteiger partial charge on any atom is 0.258 e. The fourth-order valence-corrected chi connectivity index (χ4v) is 3.15. The van der Waals surface area contributed by atoms with Gasteiger partial charge in [-0.15, -0.1) is 0 Å². The molecule has 124 valence electrons. The zero-order chi connectivity index (χ0) is 17.4. The lowest BCUT2D eigenvalue weighted by Gasteiger charge is -2.24. The summed E-state index contributed by atoms with van der Waals surface area (Å²) in [6.07, 6.45) is 0. The van der Waals surface area contributed by atoms with Crippen molar-refractivity contribution in [3.63, 3.8) is 0 Å². The van der Waals surface area contributed by atoms with Gasteiger partial charge < -0.3 is 15.3 Å². The van der Waals surface area contributed by atoms with Crippen LogP contribution in [0.3, 0.4) is 0 Å². The van der Waals surface area contributed by atoms with Crippen LogP contribution < -0.4 is 5.32 Å². The summed E-state index contributed by atoms with van der Waals surface area (Å²) < 4.78 is 0. The van der Waals surface area contributed by atoms with Crippen LogP contribution in [-0.4, -0.2) is 28.9 Å². The largest absolute Gasteiger partial charge is 0.507 e. The van der Waals surface area contributed by atoms with E-state index >= 15 is 0 Å². The van der Waals surface area contributed by atoms with Crippen molar-refractivity contribution in [2.75, 3.05) is 7.05 Å². The van der Waals surface area contributed by atoms with Gasteiger partial charge >= 0.3 is 0 Å². The van der Waals surface area contributed by atoms with E-state index in [1.165, 1.54) is 24.1 Å². The first-order valence-corrected chi connectivity index (χ1v) is 7.91. The third-order valence-corrected chi connectivity index (χ3v) is 4.67. The fourth-order valence-electron chi connectivity index (χ4n) is 2.99. The highest BCUT2D eigenvalue weighted by molar-refractivity contribution is 6.31. The van der Waals surface area contributed by atoms with Gasteiger partial charge in [0, 0.05) is 18.6 Å². The van der Waals surface area contributed by atoms with Crippen LogP contribution in [0.1, 0.15) is 33.1 Å². The maximum atomic E-state index is 13.0. The predicted molar refractivity (Wildman–Crippen MR) is 91.0 cm³/mol.